The average Bonchev–Trinajstić information content (AvgIpc) is 2.58. The van der Waals surface area contributed by atoms with Crippen LogP contribution in [0.15, 0.2) is 23.8 Å². The Labute approximate surface area is 122 Å². The molecule has 0 radical (unpaired) electrons. The maximum atomic E-state index is 12.3. The molecule has 1 saturated heterocycles. The molecule has 1 N–H and O–H groups in total. The molecule has 20 heavy (non-hydrogen) atoms. The Bertz CT molecular complexity index is 614. The molecule has 4 nitrogen and oxygen atoms in total. The molecule has 1 aromatic carbocycles. The lowest BCUT2D eigenvalue weighted by Crippen LogP contribution is -2.44. The highest BCUT2D eigenvalue weighted by molar-refractivity contribution is 6.32. The fraction of sp³-hybridized carbons (Fsp3) is 0.333. The predicted molar refractivity (Wildman–Crippen MR) is 77.3 cm³/mol. The zero-order valence-corrected chi connectivity index (χ0v) is 12.4. The van der Waals surface area contributed by atoms with Gasteiger partial charge in [0.15, 0.2) is 0 Å². The van der Waals surface area contributed by atoms with Crippen LogP contribution in [0.2, 0.25) is 5.02 Å². The highest BCUT2D eigenvalue weighted by Gasteiger charge is 2.40. The molecule has 2 rings (SSSR count). The third-order valence-corrected chi connectivity index (χ3v) is 3.36. The minimum absolute atomic E-state index is 0.0149. The Morgan fingerprint density at radius 3 is 2.45 bits per heavy atom. The van der Waals surface area contributed by atoms with Gasteiger partial charge in [-0.25, -0.2) is 0 Å². The maximum absolute atomic E-state index is 12.3. The number of likely N-dealkylation sites (tertiary alicyclic amines) is 1. The van der Waals surface area contributed by atoms with Crippen molar-refractivity contribution < 1.29 is 14.7 Å². The first kappa shape index (κ1) is 14.6. The summed E-state index contributed by atoms with van der Waals surface area (Å²) in [4.78, 5) is 25.5. The summed E-state index contributed by atoms with van der Waals surface area (Å²) in [5.41, 5.74) is 0.586. The molecule has 106 valence electrons. The Balaban J connectivity index is 2.35. The molecule has 0 saturated carbocycles. The zero-order chi connectivity index (χ0) is 15.1. The first-order valence-electron chi connectivity index (χ1n) is 6.26. The van der Waals surface area contributed by atoms with Gasteiger partial charge in [-0.3, -0.25) is 14.5 Å². The molecule has 0 spiro atoms. The number of carbonyl (C=O) groups excluding carboxylic acids is 2. The van der Waals surface area contributed by atoms with Crippen molar-refractivity contribution in [3.05, 3.63) is 34.4 Å². The van der Waals surface area contributed by atoms with Crippen LogP contribution in [0.3, 0.4) is 0 Å². The number of hydrogen-bond acceptors (Lipinski definition) is 3. The van der Waals surface area contributed by atoms with Crippen molar-refractivity contribution >= 4 is 29.5 Å². The van der Waals surface area contributed by atoms with E-state index in [-0.39, 0.29) is 29.0 Å². The monoisotopic (exact) mass is 293 g/mol. The van der Waals surface area contributed by atoms with Crippen LogP contribution in [0.1, 0.15) is 32.8 Å². The molecule has 5 heteroatoms. The first-order valence-corrected chi connectivity index (χ1v) is 6.64. The lowest BCUT2D eigenvalue weighted by Gasteiger charge is -2.29. The first-order chi connectivity index (χ1) is 9.20. The number of phenols is 1. The number of rotatable bonds is 1. The van der Waals surface area contributed by atoms with Crippen LogP contribution in [0.5, 0.6) is 5.75 Å². The molecule has 1 aliphatic heterocycles. The summed E-state index contributed by atoms with van der Waals surface area (Å²) >= 11 is 5.82. The summed E-state index contributed by atoms with van der Waals surface area (Å²) in [6.45, 7) is 5.47. The number of benzene rings is 1. The third-order valence-electron chi connectivity index (χ3n) is 3.05. The van der Waals surface area contributed by atoms with E-state index >= 15 is 0 Å². The Morgan fingerprint density at radius 1 is 1.30 bits per heavy atom. The fourth-order valence-corrected chi connectivity index (χ4v) is 2.37. The van der Waals surface area contributed by atoms with Gasteiger partial charge in [-0.2, -0.15) is 0 Å². The standard InChI is InChI=1S/C15H16ClNO3/c1-15(2,3)17-13(19)8-10(14(17)20)6-9-4-5-12(18)11(16)7-9/h4-7,18H,8H2,1-3H3. The van der Waals surface area contributed by atoms with Crippen molar-refractivity contribution in [3.63, 3.8) is 0 Å². The van der Waals surface area contributed by atoms with E-state index in [9.17, 15) is 14.7 Å². The van der Waals surface area contributed by atoms with Crippen LogP contribution >= 0.6 is 11.6 Å². The SMILES string of the molecule is CC(C)(C)N1C(=O)CC(=Cc2ccc(O)c(Cl)c2)C1=O. The summed E-state index contributed by atoms with van der Waals surface area (Å²) in [5, 5.41) is 9.58. The number of imide groups is 1. The second-order valence-electron chi connectivity index (χ2n) is 5.76. The largest absolute Gasteiger partial charge is 0.506 e. The quantitative estimate of drug-likeness (QED) is 0.640. The molecule has 2 amide bonds. The van der Waals surface area contributed by atoms with Crippen molar-refractivity contribution in [2.45, 2.75) is 32.7 Å². The molecule has 1 aliphatic rings. The minimum Gasteiger partial charge on any atom is -0.506 e. The number of amides is 2. The second-order valence-corrected chi connectivity index (χ2v) is 6.17. The van der Waals surface area contributed by atoms with E-state index in [0.29, 0.717) is 11.1 Å². The zero-order valence-electron chi connectivity index (χ0n) is 11.6. The molecule has 0 unspecified atom stereocenters. The minimum atomic E-state index is -0.531. The van der Waals surface area contributed by atoms with Crippen molar-refractivity contribution in [1.82, 2.24) is 4.90 Å². The van der Waals surface area contributed by atoms with Gasteiger partial charge in [-0.05, 0) is 44.5 Å². The van der Waals surface area contributed by atoms with Gasteiger partial charge in [-0.1, -0.05) is 17.7 Å². The molecule has 1 aromatic rings. The van der Waals surface area contributed by atoms with Crippen LogP contribution in [0.25, 0.3) is 6.08 Å². The number of phenolic OH excluding ortho intramolecular Hbond substituents is 1. The number of halogens is 1. The van der Waals surface area contributed by atoms with Gasteiger partial charge < -0.3 is 5.11 Å². The molecule has 0 bridgehead atoms. The molecule has 0 aromatic heterocycles. The summed E-state index contributed by atoms with van der Waals surface area (Å²) in [6.07, 6.45) is 1.73. The van der Waals surface area contributed by atoms with Crippen molar-refractivity contribution in [3.8, 4) is 5.75 Å². The van der Waals surface area contributed by atoms with Gasteiger partial charge in [0.05, 0.1) is 11.4 Å². The smallest absolute Gasteiger partial charge is 0.257 e. The number of nitrogens with zero attached hydrogens (tertiary/aromatic N) is 1. The normalized spacial score (nSPS) is 18.2. The number of carbonyl (C=O) groups is 2. The molecule has 1 heterocycles. The van der Waals surface area contributed by atoms with Crippen LogP contribution in [0.4, 0.5) is 0 Å². The molecular formula is C15H16ClNO3. The van der Waals surface area contributed by atoms with Crippen LogP contribution in [-0.2, 0) is 9.59 Å². The van der Waals surface area contributed by atoms with E-state index in [2.05, 4.69) is 0 Å². The van der Waals surface area contributed by atoms with E-state index in [1.165, 1.54) is 11.0 Å². The maximum Gasteiger partial charge on any atom is 0.257 e. The van der Waals surface area contributed by atoms with E-state index < -0.39 is 5.54 Å². The molecule has 0 aliphatic carbocycles. The van der Waals surface area contributed by atoms with Crippen LogP contribution < -0.4 is 0 Å². The summed E-state index contributed by atoms with van der Waals surface area (Å²) in [7, 11) is 0. The van der Waals surface area contributed by atoms with E-state index in [4.69, 9.17) is 11.6 Å². The molecular weight excluding hydrogens is 278 g/mol. The van der Waals surface area contributed by atoms with E-state index in [1.54, 1.807) is 18.2 Å². The van der Waals surface area contributed by atoms with E-state index in [0.717, 1.165) is 0 Å². The third kappa shape index (κ3) is 2.70. The summed E-state index contributed by atoms with van der Waals surface area (Å²) in [6, 6.07) is 4.66. The predicted octanol–water partition coefficient (Wildman–Crippen LogP) is 2.99. The van der Waals surface area contributed by atoms with Crippen LogP contribution in [-0.4, -0.2) is 27.4 Å². The lowest BCUT2D eigenvalue weighted by atomic mass is 10.1. The highest BCUT2D eigenvalue weighted by atomic mass is 35.5. The Morgan fingerprint density at radius 2 is 1.95 bits per heavy atom. The van der Waals surface area contributed by atoms with Crippen molar-refractivity contribution in [2.24, 2.45) is 0 Å². The summed E-state index contributed by atoms with van der Waals surface area (Å²) < 4.78 is 0. The van der Waals surface area contributed by atoms with E-state index in [1.807, 2.05) is 20.8 Å². The Hall–Kier alpha value is -1.81. The summed E-state index contributed by atoms with van der Waals surface area (Å²) in [5.74, 6) is -0.482. The van der Waals surface area contributed by atoms with Gasteiger partial charge in [0.2, 0.25) is 5.91 Å². The van der Waals surface area contributed by atoms with Gasteiger partial charge in [-0.15, -0.1) is 0 Å². The fourth-order valence-electron chi connectivity index (χ4n) is 2.18. The van der Waals surface area contributed by atoms with Crippen molar-refractivity contribution in [1.29, 1.82) is 0 Å². The number of aromatic hydroxyl groups is 1. The lowest BCUT2D eigenvalue weighted by molar-refractivity contribution is -0.142. The average molecular weight is 294 g/mol. The Kier molecular flexibility index (Phi) is 3.61. The van der Waals surface area contributed by atoms with Gasteiger partial charge >= 0.3 is 0 Å². The van der Waals surface area contributed by atoms with Gasteiger partial charge in [0.25, 0.3) is 5.91 Å². The van der Waals surface area contributed by atoms with Crippen molar-refractivity contribution in [2.75, 3.05) is 0 Å². The topological polar surface area (TPSA) is 57.6 Å². The molecule has 1 fully saturated rings. The van der Waals surface area contributed by atoms with Crippen LogP contribution in [0, 0.1) is 0 Å². The second kappa shape index (κ2) is 4.94. The van der Waals surface area contributed by atoms with Gasteiger partial charge in [0.1, 0.15) is 5.75 Å². The highest BCUT2D eigenvalue weighted by Crippen LogP contribution is 2.30. The number of hydrogen-bond donors (Lipinski definition) is 1. The van der Waals surface area contributed by atoms with Gasteiger partial charge in [0, 0.05) is 11.1 Å². The molecule has 0 atom stereocenters.